The third-order valence-electron chi connectivity index (χ3n) is 3.35. The molecule has 1 aromatic heterocycles. The maximum absolute atomic E-state index is 11.8. The Labute approximate surface area is 152 Å². The average molecular weight is 409 g/mol. The summed E-state index contributed by atoms with van der Waals surface area (Å²) in [6.45, 7) is 3.10. The minimum atomic E-state index is -0.728. The Balaban J connectivity index is 1.72. The van der Waals surface area contributed by atoms with Crippen LogP contribution < -0.4 is 10.6 Å². The average Bonchev–Trinajstić information content (AvgIpc) is 3.00. The molecule has 2 amide bonds. The number of aryl methyl sites for hydroxylation is 2. The summed E-state index contributed by atoms with van der Waals surface area (Å²) < 4.78 is 10.3. The molecule has 2 aromatic rings. The monoisotopic (exact) mass is 408 g/mol. The van der Waals surface area contributed by atoms with Gasteiger partial charge in [-0.3, -0.25) is 14.4 Å². The van der Waals surface area contributed by atoms with E-state index in [1.807, 2.05) is 26.0 Å². The second kappa shape index (κ2) is 8.48. The summed E-state index contributed by atoms with van der Waals surface area (Å²) >= 11 is 3.07. The Hall–Kier alpha value is -2.61. The fourth-order valence-corrected chi connectivity index (χ4v) is 2.20. The Morgan fingerprint density at radius 1 is 1.12 bits per heavy atom. The lowest BCUT2D eigenvalue weighted by atomic mass is 10.1. The molecular formula is C17H17BrN2O5. The van der Waals surface area contributed by atoms with Crippen LogP contribution in [0.5, 0.6) is 0 Å². The summed E-state index contributed by atoms with van der Waals surface area (Å²) in [7, 11) is 0. The molecule has 1 heterocycles. The van der Waals surface area contributed by atoms with Crippen molar-refractivity contribution in [1.29, 1.82) is 0 Å². The molecule has 0 unspecified atom stereocenters. The van der Waals surface area contributed by atoms with Crippen LogP contribution >= 0.6 is 15.9 Å². The van der Waals surface area contributed by atoms with Crippen LogP contribution in [0.25, 0.3) is 0 Å². The molecule has 25 heavy (non-hydrogen) atoms. The number of amides is 2. The molecular weight excluding hydrogens is 392 g/mol. The third-order valence-corrected chi connectivity index (χ3v) is 3.77. The second-order valence-electron chi connectivity index (χ2n) is 5.29. The lowest BCUT2D eigenvalue weighted by molar-refractivity contribution is -0.146. The normalized spacial score (nSPS) is 10.2. The first-order valence-corrected chi connectivity index (χ1v) is 8.20. The van der Waals surface area contributed by atoms with Crippen molar-refractivity contribution in [3.63, 3.8) is 0 Å². The molecule has 8 heteroatoms. The summed E-state index contributed by atoms with van der Waals surface area (Å²) in [6.07, 6.45) is 0. The minimum Gasteiger partial charge on any atom is -0.454 e. The van der Waals surface area contributed by atoms with E-state index < -0.39 is 24.4 Å². The van der Waals surface area contributed by atoms with Crippen molar-refractivity contribution >= 4 is 39.4 Å². The van der Waals surface area contributed by atoms with Crippen LogP contribution in [0.3, 0.4) is 0 Å². The maximum Gasteiger partial charge on any atom is 0.325 e. The molecule has 0 aliphatic carbocycles. The number of anilines is 1. The van der Waals surface area contributed by atoms with E-state index in [2.05, 4.69) is 26.6 Å². The number of carbonyl (C=O) groups is 3. The number of ether oxygens (including phenoxy) is 1. The van der Waals surface area contributed by atoms with Crippen LogP contribution in [0, 0.1) is 13.8 Å². The van der Waals surface area contributed by atoms with E-state index in [0.29, 0.717) is 10.4 Å². The second-order valence-corrected chi connectivity index (χ2v) is 6.08. The van der Waals surface area contributed by atoms with Gasteiger partial charge in [0.1, 0.15) is 6.54 Å². The van der Waals surface area contributed by atoms with Gasteiger partial charge in [0.05, 0.1) is 0 Å². The van der Waals surface area contributed by atoms with Crippen molar-refractivity contribution in [2.24, 2.45) is 0 Å². The predicted octanol–water partition coefficient (Wildman–Crippen LogP) is 2.57. The zero-order chi connectivity index (χ0) is 18.4. The standard InChI is InChI=1S/C17H17BrN2O5/c1-10-3-4-12(7-11(10)2)20-15(21)9-24-16(22)8-19-17(23)13-5-6-14(18)25-13/h3-7H,8-9H2,1-2H3,(H,19,23)(H,20,21). The molecule has 0 atom stereocenters. The summed E-state index contributed by atoms with van der Waals surface area (Å²) in [4.78, 5) is 35.1. The number of benzene rings is 1. The molecule has 132 valence electrons. The SMILES string of the molecule is Cc1ccc(NC(=O)COC(=O)CNC(=O)c2ccc(Br)o2)cc1C. The fourth-order valence-electron chi connectivity index (χ4n) is 1.89. The van der Waals surface area contributed by atoms with E-state index in [1.54, 1.807) is 12.1 Å². The highest BCUT2D eigenvalue weighted by Crippen LogP contribution is 2.14. The van der Waals surface area contributed by atoms with Gasteiger partial charge in [0, 0.05) is 5.69 Å². The van der Waals surface area contributed by atoms with E-state index in [9.17, 15) is 14.4 Å². The molecule has 0 saturated carbocycles. The topological polar surface area (TPSA) is 97.6 Å². The molecule has 0 radical (unpaired) electrons. The molecule has 0 fully saturated rings. The maximum atomic E-state index is 11.8. The van der Waals surface area contributed by atoms with Crippen LogP contribution in [0.4, 0.5) is 5.69 Å². The number of rotatable bonds is 6. The number of hydrogen-bond donors (Lipinski definition) is 2. The number of furan rings is 1. The number of nitrogens with one attached hydrogen (secondary N) is 2. The molecule has 0 saturated heterocycles. The molecule has 2 rings (SSSR count). The molecule has 0 spiro atoms. The van der Waals surface area contributed by atoms with Gasteiger partial charge >= 0.3 is 5.97 Å². The Kier molecular flexibility index (Phi) is 6.35. The smallest absolute Gasteiger partial charge is 0.325 e. The Morgan fingerprint density at radius 2 is 1.88 bits per heavy atom. The van der Waals surface area contributed by atoms with Gasteiger partial charge in [-0.05, 0) is 65.2 Å². The lowest BCUT2D eigenvalue weighted by Gasteiger charge is -2.08. The highest BCUT2D eigenvalue weighted by atomic mass is 79.9. The first-order valence-electron chi connectivity index (χ1n) is 7.41. The van der Waals surface area contributed by atoms with E-state index in [1.165, 1.54) is 6.07 Å². The number of hydrogen-bond acceptors (Lipinski definition) is 5. The van der Waals surface area contributed by atoms with Crippen molar-refractivity contribution in [1.82, 2.24) is 5.32 Å². The quantitative estimate of drug-likeness (QED) is 0.715. The van der Waals surface area contributed by atoms with Crippen molar-refractivity contribution in [3.8, 4) is 0 Å². The highest BCUT2D eigenvalue weighted by molar-refractivity contribution is 9.10. The van der Waals surface area contributed by atoms with Gasteiger partial charge in [0.15, 0.2) is 17.0 Å². The van der Waals surface area contributed by atoms with Crippen molar-refractivity contribution in [2.45, 2.75) is 13.8 Å². The van der Waals surface area contributed by atoms with Crippen molar-refractivity contribution in [2.75, 3.05) is 18.5 Å². The van der Waals surface area contributed by atoms with E-state index in [0.717, 1.165) is 11.1 Å². The molecule has 7 nitrogen and oxygen atoms in total. The van der Waals surface area contributed by atoms with Gasteiger partial charge in [-0.1, -0.05) is 6.07 Å². The summed E-state index contributed by atoms with van der Waals surface area (Å²) in [5.74, 6) is -1.68. The lowest BCUT2D eigenvalue weighted by Crippen LogP contribution is -2.32. The molecule has 2 N–H and O–H groups in total. The van der Waals surface area contributed by atoms with E-state index >= 15 is 0 Å². The van der Waals surface area contributed by atoms with Crippen LogP contribution in [0.1, 0.15) is 21.7 Å². The zero-order valence-corrected chi connectivity index (χ0v) is 15.3. The minimum absolute atomic E-state index is 0.0622. The zero-order valence-electron chi connectivity index (χ0n) is 13.7. The van der Waals surface area contributed by atoms with Crippen LogP contribution in [-0.2, 0) is 14.3 Å². The summed E-state index contributed by atoms with van der Waals surface area (Å²) in [5.41, 5.74) is 2.78. The number of esters is 1. The van der Waals surface area contributed by atoms with Crippen LogP contribution in [0.2, 0.25) is 0 Å². The first kappa shape index (κ1) is 18.7. The van der Waals surface area contributed by atoms with Crippen molar-refractivity contribution < 1.29 is 23.5 Å². The van der Waals surface area contributed by atoms with Crippen LogP contribution in [-0.4, -0.2) is 30.9 Å². The van der Waals surface area contributed by atoms with Gasteiger partial charge in [-0.25, -0.2) is 0 Å². The number of carbonyl (C=O) groups excluding carboxylic acids is 3. The first-order chi connectivity index (χ1) is 11.8. The van der Waals surface area contributed by atoms with Gasteiger partial charge in [0.25, 0.3) is 11.8 Å². The predicted molar refractivity (Wildman–Crippen MR) is 94.2 cm³/mol. The Morgan fingerprint density at radius 3 is 2.52 bits per heavy atom. The van der Waals surface area contributed by atoms with Gasteiger partial charge in [0.2, 0.25) is 0 Å². The van der Waals surface area contributed by atoms with Gasteiger partial charge < -0.3 is 19.8 Å². The summed E-state index contributed by atoms with van der Waals surface area (Å²) in [5, 5.41) is 4.97. The third kappa shape index (κ3) is 5.75. The molecule has 1 aromatic carbocycles. The molecule has 0 bridgehead atoms. The highest BCUT2D eigenvalue weighted by Gasteiger charge is 2.13. The molecule has 0 aliphatic heterocycles. The van der Waals surface area contributed by atoms with Crippen molar-refractivity contribution in [3.05, 3.63) is 51.9 Å². The van der Waals surface area contributed by atoms with Gasteiger partial charge in [-0.2, -0.15) is 0 Å². The summed E-state index contributed by atoms with van der Waals surface area (Å²) in [6, 6.07) is 8.51. The van der Waals surface area contributed by atoms with E-state index in [4.69, 9.17) is 9.15 Å². The Bertz CT molecular complexity index is 800. The van der Waals surface area contributed by atoms with E-state index in [-0.39, 0.29) is 12.3 Å². The van der Waals surface area contributed by atoms with Gasteiger partial charge in [-0.15, -0.1) is 0 Å². The number of halogens is 1. The van der Waals surface area contributed by atoms with Crippen LogP contribution in [0.15, 0.2) is 39.4 Å². The molecule has 0 aliphatic rings. The fraction of sp³-hybridized carbons (Fsp3) is 0.235. The largest absolute Gasteiger partial charge is 0.454 e.